The van der Waals surface area contributed by atoms with Crippen LogP contribution in [-0.4, -0.2) is 53.0 Å². The minimum absolute atomic E-state index is 0.229. The molecule has 0 N–H and O–H groups in total. The molecule has 1 fully saturated rings. The lowest BCUT2D eigenvalue weighted by molar-refractivity contribution is 0.0292. The third-order valence-corrected chi connectivity index (χ3v) is 3.54. The molecule has 1 aromatic rings. The Labute approximate surface area is 126 Å². The zero-order chi connectivity index (χ0) is 15.5. The third-order valence-electron chi connectivity index (χ3n) is 3.54. The molecule has 6 heteroatoms. The normalized spacial score (nSPS) is 19.0. The molecule has 0 saturated carbocycles. The minimum Gasteiger partial charge on any atom is -0.444 e. The maximum atomic E-state index is 12.1. The maximum absolute atomic E-state index is 12.1. The second-order valence-electron chi connectivity index (χ2n) is 6.42. The molecule has 1 amide bonds. The van der Waals surface area contributed by atoms with Gasteiger partial charge in [0.15, 0.2) is 0 Å². The largest absolute Gasteiger partial charge is 0.444 e. The van der Waals surface area contributed by atoms with Gasteiger partial charge >= 0.3 is 6.09 Å². The van der Waals surface area contributed by atoms with E-state index in [1.54, 1.807) is 12.0 Å². The molecule has 21 heavy (non-hydrogen) atoms. The number of carbonyl (C=O) groups is 1. The summed E-state index contributed by atoms with van der Waals surface area (Å²) in [6.45, 7) is 8.53. The van der Waals surface area contributed by atoms with Crippen molar-refractivity contribution in [3.8, 4) is 0 Å². The van der Waals surface area contributed by atoms with Gasteiger partial charge in [-0.1, -0.05) is 0 Å². The predicted molar refractivity (Wildman–Crippen MR) is 79.3 cm³/mol. The summed E-state index contributed by atoms with van der Waals surface area (Å²) in [5.74, 6) is 0.317. The van der Waals surface area contributed by atoms with Gasteiger partial charge in [-0.3, -0.25) is 0 Å². The van der Waals surface area contributed by atoms with Gasteiger partial charge < -0.3 is 18.9 Å². The van der Waals surface area contributed by atoms with Crippen LogP contribution in [0, 0.1) is 0 Å². The summed E-state index contributed by atoms with van der Waals surface area (Å²) in [7, 11) is 1.69. The molecule has 6 nitrogen and oxygen atoms in total. The molecule has 2 heterocycles. The molecule has 1 aliphatic rings. The lowest BCUT2D eigenvalue weighted by Crippen LogP contribution is -2.35. The van der Waals surface area contributed by atoms with Gasteiger partial charge in [-0.15, -0.1) is 0 Å². The fraction of sp³-hybridized carbons (Fsp3) is 0.733. The Balaban J connectivity index is 1.96. The van der Waals surface area contributed by atoms with Crippen molar-refractivity contribution in [1.82, 2.24) is 14.5 Å². The number of likely N-dealkylation sites (tertiary alicyclic amines) is 1. The molecule has 1 unspecified atom stereocenters. The minimum atomic E-state index is -0.449. The summed E-state index contributed by atoms with van der Waals surface area (Å²) in [4.78, 5) is 18.1. The highest BCUT2D eigenvalue weighted by Gasteiger charge is 2.31. The Morgan fingerprint density at radius 1 is 1.48 bits per heavy atom. The van der Waals surface area contributed by atoms with E-state index in [1.165, 1.54) is 0 Å². The average Bonchev–Trinajstić information content (AvgIpc) is 3.02. The smallest absolute Gasteiger partial charge is 0.410 e. The summed E-state index contributed by atoms with van der Waals surface area (Å²) in [5.41, 5.74) is 0.716. The monoisotopic (exact) mass is 295 g/mol. The van der Waals surface area contributed by atoms with Crippen LogP contribution in [0.1, 0.15) is 38.8 Å². The number of amides is 1. The van der Waals surface area contributed by atoms with Crippen molar-refractivity contribution >= 4 is 6.09 Å². The predicted octanol–water partition coefficient (Wildman–Crippen LogP) is 2.25. The third kappa shape index (κ3) is 4.20. The van der Waals surface area contributed by atoms with E-state index < -0.39 is 5.60 Å². The molecule has 1 saturated heterocycles. The Hall–Kier alpha value is -1.56. The number of carbonyl (C=O) groups excluding carboxylic acids is 1. The van der Waals surface area contributed by atoms with Crippen molar-refractivity contribution in [3.05, 3.63) is 18.2 Å². The van der Waals surface area contributed by atoms with E-state index >= 15 is 0 Å². The molecule has 2 rings (SSSR count). The molecular formula is C15H25N3O3. The number of hydrogen-bond acceptors (Lipinski definition) is 4. The van der Waals surface area contributed by atoms with Crippen LogP contribution in [0.5, 0.6) is 0 Å². The van der Waals surface area contributed by atoms with E-state index in [0.717, 1.165) is 25.2 Å². The summed E-state index contributed by atoms with van der Waals surface area (Å²) in [6.07, 6.45) is 4.43. The molecule has 0 aliphatic carbocycles. The van der Waals surface area contributed by atoms with E-state index in [-0.39, 0.29) is 6.09 Å². The van der Waals surface area contributed by atoms with Crippen molar-refractivity contribution < 1.29 is 14.3 Å². The number of aromatic nitrogens is 2. The van der Waals surface area contributed by atoms with Gasteiger partial charge in [0, 0.05) is 44.6 Å². The van der Waals surface area contributed by atoms with Gasteiger partial charge in [0.1, 0.15) is 5.60 Å². The SMILES string of the molecule is COCCn1cncc1C1CCN(C(=O)OC(C)(C)C)C1. The Kier molecular flexibility index (Phi) is 4.88. The molecule has 0 spiro atoms. The van der Waals surface area contributed by atoms with Crippen LogP contribution >= 0.6 is 0 Å². The summed E-state index contributed by atoms with van der Waals surface area (Å²) >= 11 is 0. The lowest BCUT2D eigenvalue weighted by Gasteiger charge is -2.24. The standard InChI is InChI=1S/C15H25N3O3/c1-15(2,3)21-14(19)17-6-5-12(10-17)13-9-16-11-18(13)7-8-20-4/h9,11-12H,5-8,10H2,1-4H3. The summed E-state index contributed by atoms with van der Waals surface area (Å²) in [6, 6.07) is 0. The molecule has 0 aromatic carbocycles. The van der Waals surface area contributed by atoms with E-state index in [9.17, 15) is 4.79 Å². The van der Waals surface area contributed by atoms with Crippen LogP contribution in [0.15, 0.2) is 12.5 Å². The molecule has 1 aliphatic heterocycles. The maximum Gasteiger partial charge on any atom is 0.410 e. The topological polar surface area (TPSA) is 56.6 Å². The highest BCUT2D eigenvalue weighted by Crippen LogP contribution is 2.28. The zero-order valence-electron chi connectivity index (χ0n) is 13.3. The number of hydrogen-bond donors (Lipinski definition) is 0. The van der Waals surface area contributed by atoms with Crippen LogP contribution in [0.25, 0.3) is 0 Å². The number of imidazole rings is 1. The fourth-order valence-corrected chi connectivity index (χ4v) is 2.54. The van der Waals surface area contributed by atoms with Gasteiger partial charge in [-0.25, -0.2) is 9.78 Å². The molecule has 0 bridgehead atoms. The van der Waals surface area contributed by atoms with Crippen LogP contribution in [0.2, 0.25) is 0 Å². The lowest BCUT2D eigenvalue weighted by atomic mass is 10.1. The highest BCUT2D eigenvalue weighted by atomic mass is 16.6. The van der Waals surface area contributed by atoms with Crippen molar-refractivity contribution in [2.45, 2.75) is 45.3 Å². The van der Waals surface area contributed by atoms with Gasteiger partial charge in [-0.2, -0.15) is 0 Å². The van der Waals surface area contributed by atoms with E-state index in [4.69, 9.17) is 9.47 Å². The summed E-state index contributed by atoms with van der Waals surface area (Å²) < 4.78 is 12.6. The van der Waals surface area contributed by atoms with Crippen LogP contribution in [0.3, 0.4) is 0 Å². The number of nitrogens with zero attached hydrogens (tertiary/aromatic N) is 3. The highest BCUT2D eigenvalue weighted by molar-refractivity contribution is 5.68. The van der Waals surface area contributed by atoms with Gasteiger partial charge in [0.25, 0.3) is 0 Å². The first-order chi connectivity index (χ1) is 9.90. The number of rotatable bonds is 4. The first kappa shape index (κ1) is 15.8. The molecule has 1 aromatic heterocycles. The molecule has 118 valence electrons. The Morgan fingerprint density at radius 2 is 2.24 bits per heavy atom. The van der Waals surface area contributed by atoms with Gasteiger partial charge in [-0.05, 0) is 27.2 Å². The zero-order valence-corrected chi connectivity index (χ0v) is 13.3. The van der Waals surface area contributed by atoms with Crippen LogP contribution in [0.4, 0.5) is 4.79 Å². The Morgan fingerprint density at radius 3 is 2.90 bits per heavy atom. The van der Waals surface area contributed by atoms with Crippen LogP contribution < -0.4 is 0 Å². The Bertz CT molecular complexity index is 479. The van der Waals surface area contributed by atoms with Crippen LogP contribution in [-0.2, 0) is 16.0 Å². The molecule has 0 radical (unpaired) electrons. The average molecular weight is 295 g/mol. The molecular weight excluding hydrogens is 270 g/mol. The number of methoxy groups -OCH3 is 1. The second-order valence-corrected chi connectivity index (χ2v) is 6.42. The van der Waals surface area contributed by atoms with E-state index in [1.807, 2.05) is 33.3 Å². The van der Waals surface area contributed by atoms with Crippen molar-refractivity contribution in [2.24, 2.45) is 0 Å². The van der Waals surface area contributed by atoms with Crippen molar-refractivity contribution in [3.63, 3.8) is 0 Å². The van der Waals surface area contributed by atoms with Crippen molar-refractivity contribution in [2.75, 3.05) is 26.8 Å². The van der Waals surface area contributed by atoms with E-state index in [2.05, 4.69) is 9.55 Å². The van der Waals surface area contributed by atoms with Gasteiger partial charge in [0.05, 0.1) is 12.9 Å². The number of ether oxygens (including phenoxy) is 2. The summed E-state index contributed by atoms with van der Waals surface area (Å²) in [5, 5.41) is 0. The van der Waals surface area contributed by atoms with Gasteiger partial charge in [0.2, 0.25) is 0 Å². The quantitative estimate of drug-likeness (QED) is 0.855. The fourth-order valence-electron chi connectivity index (χ4n) is 2.54. The first-order valence-corrected chi connectivity index (χ1v) is 7.37. The molecule has 1 atom stereocenters. The first-order valence-electron chi connectivity index (χ1n) is 7.37. The second kappa shape index (κ2) is 6.47. The van der Waals surface area contributed by atoms with Crippen molar-refractivity contribution in [1.29, 1.82) is 0 Å². The van der Waals surface area contributed by atoms with E-state index in [0.29, 0.717) is 19.1 Å².